The molecule has 16 heavy (non-hydrogen) atoms. The van der Waals surface area contributed by atoms with Gasteiger partial charge in [0.1, 0.15) is 11.7 Å². The van der Waals surface area contributed by atoms with Gasteiger partial charge in [-0.05, 0) is 17.0 Å². The van der Waals surface area contributed by atoms with Gasteiger partial charge < -0.3 is 25.1 Å². The largest absolute Gasteiger partial charge is 0.480 e. The Labute approximate surface area is 91.1 Å². The smallest absolute Gasteiger partial charge is 0.384 e. The summed E-state index contributed by atoms with van der Waals surface area (Å²) in [7, 11) is 3.07. The van der Waals surface area contributed by atoms with Gasteiger partial charge in [0.25, 0.3) is 0 Å². The topological polar surface area (TPSA) is 110 Å². The second-order valence-electron chi connectivity index (χ2n) is 3.27. The van der Waals surface area contributed by atoms with Crippen LogP contribution in [0.5, 0.6) is 0 Å². The van der Waals surface area contributed by atoms with E-state index in [1.165, 1.54) is 17.9 Å². The Bertz CT molecular complexity index is 414. The van der Waals surface area contributed by atoms with Crippen LogP contribution in [0.25, 0.3) is 0 Å². The van der Waals surface area contributed by atoms with E-state index in [4.69, 9.17) is 5.11 Å². The van der Waals surface area contributed by atoms with Gasteiger partial charge in [0, 0.05) is 13.5 Å². The summed E-state index contributed by atoms with van der Waals surface area (Å²) in [6, 6.07) is -0.867. The fraction of sp³-hybridized carbons (Fsp3) is 0.500. The molecule has 0 aliphatic rings. The van der Waals surface area contributed by atoms with E-state index in [-0.39, 0.29) is 17.9 Å². The Morgan fingerprint density at radius 1 is 1.81 bits per heavy atom. The molecule has 88 valence electrons. The maximum Gasteiger partial charge on any atom is 0.384 e. The molecule has 8 heteroatoms. The normalized spacial score (nSPS) is 12.4. The number of imidazole rings is 1. The minimum Gasteiger partial charge on any atom is -0.480 e. The molecule has 0 aliphatic heterocycles. The van der Waals surface area contributed by atoms with E-state index in [0.29, 0.717) is 0 Å². The van der Waals surface area contributed by atoms with E-state index in [0.717, 1.165) is 0 Å². The van der Waals surface area contributed by atoms with Gasteiger partial charge in [-0.15, -0.1) is 0 Å². The Hall–Kier alpha value is -1.96. The molecule has 0 aliphatic carbocycles. The van der Waals surface area contributed by atoms with Crippen molar-refractivity contribution < 1.29 is 14.8 Å². The highest BCUT2D eigenvalue weighted by Crippen LogP contribution is 2.16. The summed E-state index contributed by atoms with van der Waals surface area (Å²) in [5.74, 6) is -1.36. The first-order valence-corrected chi connectivity index (χ1v) is 4.52. The third-order valence-electron chi connectivity index (χ3n) is 2.25. The van der Waals surface area contributed by atoms with E-state index in [9.17, 15) is 14.9 Å². The van der Waals surface area contributed by atoms with Crippen LogP contribution < -0.4 is 5.32 Å². The van der Waals surface area contributed by atoms with Crippen LogP contribution >= 0.6 is 0 Å². The van der Waals surface area contributed by atoms with Crippen molar-refractivity contribution in [1.29, 1.82) is 0 Å². The van der Waals surface area contributed by atoms with Crippen LogP contribution in [0, 0.1) is 10.1 Å². The van der Waals surface area contributed by atoms with Gasteiger partial charge in [0.15, 0.2) is 0 Å². The zero-order valence-electron chi connectivity index (χ0n) is 8.88. The van der Waals surface area contributed by atoms with Gasteiger partial charge in [-0.2, -0.15) is 0 Å². The average Bonchev–Trinajstić information content (AvgIpc) is 2.56. The number of aromatic nitrogens is 2. The standard InChI is InChI=1S/C8H12N4O4/c1-9-5(8(13)14)3-6-7(12(15)16)10-4-11(6)2/h4-5,9H,3H2,1-2H3,(H,13,14). The summed E-state index contributed by atoms with van der Waals surface area (Å²) in [6.45, 7) is 0. The maximum atomic E-state index is 10.8. The lowest BCUT2D eigenvalue weighted by molar-refractivity contribution is -0.390. The lowest BCUT2D eigenvalue weighted by Gasteiger charge is -2.10. The third-order valence-corrected chi connectivity index (χ3v) is 2.25. The van der Waals surface area contributed by atoms with Gasteiger partial charge in [-0.25, -0.2) is 0 Å². The number of aryl methyl sites for hydroxylation is 1. The summed E-state index contributed by atoms with van der Waals surface area (Å²) >= 11 is 0. The minimum atomic E-state index is -1.06. The third kappa shape index (κ3) is 2.34. The highest BCUT2D eigenvalue weighted by molar-refractivity contribution is 5.73. The molecule has 0 spiro atoms. The number of nitro groups is 1. The van der Waals surface area contributed by atoms with Crippen molar-refractivity contribution in [3.8, 4) is 0 Å². The van der Waals surface area contributed by atoms with E-state index in [1.807, 2.05) is 0 Å². The fourth-order valence-corrected chi connectivity index (χ4v) is 1.34. The van der Waals surface area contributed by atoms with Gasteiger partial charge in [-0.3, -0.25) is 4.79 Å². The summed E-state index contributed by atoms with van der Waals surface area (Å²) in [5, 5.41) is 22.0. The molecule has 2 N–H and O–H groups in total. The molecule has 0 fully saturated rings. The summed E-state index contributed by atoms with van der Waals surface area (Å²) in [4.78, 5) is 24.4. The summed E-state index contributed by atoms with van der Waals surface area (Å²) < 4.78 is 1.45. The molecule has 1 rings (SSSR count). The SMILES string of the molecule is CNC(Cc1c([N+](=O)[O-])ncn1C)C(=O)O. The van der Waals surface area contributed by atoms with E-state index < -0.39 is 16.9 Å². The van der Waals surface area contributed by atoms with Crippen molar-refractivity contribution in [2.45, 2.75) is 12.5 Å². The molecule has 0 saturated carbocycles. The number of hydrogen-bond donors (Lipinski definition) is 2. The van der Waals surface area contributed by atoms with Gasteiger partial charge in [-0.1, -0.05) is 0 Å². The van der Waals surface area contributed by atoms with Crippen LogP contribution in [0.1, 0.15) is 5.69 Å². The van der Waals surface area contributed by atoms with Crippen molar-refractivity contribution in [2.24, 2.45) is 7.05 Å². The van der Waals surface area contributed by atoms with Crippen LogP contribution in [-0.2, 0) is 18.3 Å². The first kappa shape index (κ1) is 12.1. The molecule has 0 saturated heterocycles. The van der Waals surface area contributed by atoms with Crippen LogP contribution in [-0.4, -0.2) is 38.6 Å². The number of carbonyl (C=O) groups is 1. The monoisotopic (exact) mass is 228 g/mol. The predicted molar refractivity (Wildman–Crippen MR) is 54.0 cm³/mol. The Balaban J connectivity index is 2.99. The number of nitrogens with zero attached hydrogens (tertiary/aromatic N) is 3. The molecular formula is C8H12N4O4. The number of carboxylic acids is 1. The molecule has 1 aromatic rings. The summed E-state index contributed by atoms with van der Waals surface area (Å²) in [5.41, 5.74) is 0.284. The zero-order chi connectivity index (χ0) is 12.3. The molecule has 0 amide bonds. The molecule has 1 aromatic heterocycles. The highest BCUT2D eigenvalue weighted by atomic mass is 16.6. The molecule has 0 aromatic carbocycles. The van der Waals surface area contributed by atoms with E-state index >= 15 is 0 Å². The van der Waals surface area contributed by atoms with Crippen LogP contribution in [0.4, 0.5) is 5.82 Å². The van der Waals surface area contributed by atoms with Crippen molar-refractivity contribution in [3.63, 3.8) is 0 Å². The first-order chi connectivity index (χ1) is 7.47. The van der Waals surface area contributed by atoms with Crippen LogP contribution in [0.3, 0.4) is 0 Å². The van der Waals surface area contributed by atoms with Crippen LogP contribution in [0.2, 0.25) is 0 Å². The van der Waals surface area contributed by atoms with Crippen molar-refractivity contribution in [2.75, 3.05) is 7.05 Å². The molecular weight excluding hydrogens is 216 g/mol. The number of nitrogens with one attached hydrogen (secondary N) is 1. The fourth-order valence-electron chi connectivity index (χ4n) is 1.34. The molecule has 1 unspecified atom stereocenters. The Kier molecular flexibility index (Phi) is 3.56. The minimum absolute atomic E-state index is 0.0125. The van der Waals surface area contributed by atoms with Gasteiger partial charge >= 0.3 is 11.8 Å². The number of likely N-dealkylation sites (N-methyl/N-ethyl adjacent to an activating group) is 1. The number of carboxylic acid groups (broad SMARTS) is 1. The molecule has 0 bridgehead atoms. The molecule has 1 atom stereocenters. The quantitative estimate of drug-likeness (QED) is 0.521. The van der Waals surface area contributed by atoms with Crippen molar-refractivity contribution >= 4 is 11.8 Å². The molecule has 0 radical (unpaired) electrons. The maximum absolute atomic E-state index is 10.8. The van der Waals surface area contributed by atoms with Crippen LogP contribution in [0.15, 0.2) is 6.33 Å². The van der Waals surface area contributed by atoms with E-state index in [1.54, 1.807) is 7.05 Å². The zero-order valence-corrected chi connectivity index (χ0v) is 8.88. The predicted octanol–water partition coefficient (Wildman–Crippen LogP) is -0.457. The van der Waals surface area contributed by atoms with Gasteiger partial charge in [0.2, 0.25) is 6.33 Å². The van der Waals surface area contributed by atoms with E-state index in [2.05, 4.69) is 10.3 Å². The Morgan fingerprint density at radius 3 is 2.88 bits per heavy atom. The lowest BCUT2D eigenvalue weighted by atomic mass is 10.1. The summed E-state index contributed by atoms with van der Waals surface area (Å²) in [6.07, 6.45) is 1.31. The number of rotatable bonds is 5. The second kappa shape index (κ2) is 4.71. The first-order valence-electron chi connectivity index (χ1n) is 4.52. The van der Waals surface area contributed by atoms with Crippen molar-refractivity contribution in [3.05, 3.63) is 22.1 Å². The Morgan fingerprint density at radius 2 is 2.44 bits per heavy atom. The van der Waals surface area contributed by atoms with Crippen molar-refractivity contribution in [1.82, 2.24) is 14.9 Å². The number of hydrogen-bond acceptors (Lipinski definition) is 5. The molecule has 8 nitrogen and oxygen atoms in total. The molecule has 1 heterocycles. The lowest BCUT2D eigenvalue weighted by Crippen LogP contribution is -2.36. The number of aliphatic carboxylic acids is 1. The second-order valence-corrected chi connectivity index (χ2v) is 3.27. The average molecular weight is 228 g/mol. The highest BCUT2D eigenvalue weighted by Gasteiger charge is 2.25. The van der Waals surface area contributed by atoms with Gasteiger partial charge in [0.05, 0.1) is 0 Å².